The van der Waals surface area contributed by atoms with E-state index < -0.39 is 0 Å². The van der Waals surface area contributed by atoms with Crippen LogP contribution in [-0.4, -0.2) is 15.9 Å². The Balaban J connectivity index is 2.40. The molecule has 0 fully saturated rings. The van der Waals surface area contributed by atoms with Gasteiger partial charge < -0.3 is 4.52 Å². The Kier molecular flexibility index (Phi) is 4.64. The predicted molar refractivity (Wildman–Crippen MR) is 64.1 cm³/mol. The fourth-order valence-corrected chi connectivity index (χ4v) is 1.96. The molecule has 0 unspecified atom stereocenters. The van der Waals surface area contributed by atoms with Crippen LogP contribution in [0.1, 0.15) is 52.3 Å². The van der Waals surface area contributed by atoms with E-state index in [1.165, 1.54) is 18.6 Å². The molecule has 0 N–H and O–H groups in total. The van der Waals surface area contributed by atoms with Crippen molar-refractivity contribution in [1.29, 1.82) is 0 Å². The van der Waals surface area contributed by atoms with Gasteiger partial charge in [-0.05, 0) is 12.2 Å². The van der Waals surface area contributed by atoms with Crippen LogP contribution in [0.15, 0.2) is 4.52 Å². The monoisotopic (exact) mass is 228 g/mol. The van der Waals surface area contributed by atoms with Crippen molar-refractivity contribution in [1.82, 2.24) is 10.1 Å². The summed E-state index contributed by atoms with van der Waals surface area (Å²) < 4.78 is 5.21. The lowest BCUT2D eigenvalue weighted by atomic mass is 9.97. The smallest absolute Gasteiger partial charge is 0.232 e. The average molecular weight is 228 g/mol. The zero-order chi connectivity index (χ0) is 11.3. The maximum atomic E-state index is 5.21. The van der Waals surface area contributed by atoms with Crippen LogP contribution in [-0.2, 0) is 11.2 Å². The molecule has 4 heteroatoms. The Hall–Kier alpha value is -0.510. The fourth-order valence-electron chi connectivity index (χ4n) is 1.03. The van der Waals surface area contributed by atoms with Crippen LogP contribution in [0, 0.1) is 0 Å². The van der Waals surface area contributed by atoms with Crippen molar-refractivity contribution in [3.63, 3.8) is 0 Å². The summed E-state index contributed by atoms with van der Waals surface area (Å²) in [6.07, 6.45) is 2.50. The van der Waals surface area contributed by atoms with Crippen LogP contribution in [0.25, 0.3) is 0 Å². The third kappa shape index (κ3) is 4.24. The van der Waals surface area contributed by atoms with Crippen molar-refractivity contribution in [3.05, 3.63) is 11.7 Å². The first-order valence-electron chi connectivity index (χ1n) is 5.45. The summed E-state index contributed by atoms with van der Waals surface area (Å²) in [6, 6.07) is 0. The number of thioether (sulfide) groups is 1. The standard InChI is InChI=1S/C11H20N2OS/c1-5-6-7-15-8-9-12-10(14-13-9)11(2,3)4/h5-8H2,1-4H3. The molecular formula is C11H20N2OS. The molecule has 1 rings (SSSR count). The predicted octanol–water partition coefficient (Wildman–Crippen LogP) is 3.40. The first kappa shape index (κ1) is 12.6. The Morgan fingerprint density at radius 2 is 2.07 bits per heavy atom. The van der Waals surface area contributed by atoms with E-state index in [1.807, 2.05) is 11.8 Å². The minimum absolute atomic E-state index is 0.0423. The summed E-state index contributed by atoms with van der Waals surface area (Å²) in [6.45, 7) is 8.43. The highest BCUT2D eigenvalue weighted by Gasteiger charge is 2.21. The zero-order valence-corrected chi connectivity index (χ0v) is 10.9. The molecule has 0 spiro atoms. The van der Waals surface area contributed by atoms with Crippen LogP contribution >= 0.6 is 11.8 Å². The van der Waals surface area contributed by atoms with Crippen LogP contribution in [0.5, 0.6) is 0 Å². The minimum Gasteiger partial charge on any atom is -0.339 e. The van der Waals surface area contributed by atoms with Gasteiger partial charge in [-0.25, -0.2) is 0 Å². The highest BCUT2D eigenvalue weighted by atomic mass is 32.2. The molecule has 0 radical (unpaired) electrons. The van der Waals surface area contributed by atoms with Gasteiger partial charge in [0.05, 0.1) is 5.75 Å². The number of hydrogen-bond donors (Lipinski definition) is 0. The molecule has 0 aliphatic heterocycles. The quantitative estimate of drug-likeness (QED) is 0.724. The molecule has 0 aliphatic rings. The van der Waals surface area contributed by atoms with Gasteiger partial charge in [-0.3, -0.25) is 0 Å². The van der Waals surface area contributed by atoms with Crippen molar-refractivity contribution in [2.45, 2.75) is 51.7 Å². The molecule has 15 heavy (non-hydrogen) atoms. The maximum absolute atomic E-state index is 5.21. The molecule has 0 aromatic carbocycles. The van der Waals surface area contributed by atoms with Crippen LogP contribution in [0.4, 0.5) is 0 Å². The number of rotatable bonds is 5. The summed E-state index contributed by atoms with van der Waals surface area (Å²) in [5.74, 6) is 3.59. The first-order chi connectivity index (χ1) is 7.04. The van der Waals surface area contributed by atoms with Crippen molar-refractivity contribution in [2.75, 3.05) is 5.75 Å². The molecule has 3 nitrogen and oxygen atoms in total. The van der Waals surface area contributed by atoms with E-state index in [0.717, 1.165) is 17.5 Å². The normalized spacial score (nSPS) is 12.0. The lowest BCUT2D eigenvalue weighted by molar-refractivity contribution is 0.319. The average Bonchev–Trinajstić information content (AvgIpc) is 2.60. The van der Waals surface area contributed by atoms with E-state index in [1.54, 1.807) is 0 Å². The zero-order valence-electron chi connectivity index (χ0n) is 10.0. The van der Waals surface area contributed by atoms with Crippen molar-refractivity contribution >= 4 is 11.8 Å². The van der Waals surface area contributed by atoms with E-state index >= 15 is 0 Å². The molecule has 1 heterocycles. The molecule has 1 aromatic heterocycles. The van der Waals surface area contributed by atoms with E-state index in [9.17, 15) is 0 Å². The highest BCUT2D eigenvalue weighted by Crippen LogP contribution is 2.21. The van der Waals surface area contributed by atoms with Crippen LogP contribution in [0.3, 0.4) is 0 Å². The Morgan fingerprint density at radius 1 is 1.33 bits per heavy atom. The number of nitrogens with zero attached hydrogens (tertiary/aromatic N) is 2. The van der Waals surface area contributed by atoms with Crippen molar-refractivity contribution in [3.8, 4) is 0 Å². The van der Waals surface area contributed by atoms with Gasteiger partial charge in [-0.2, -0.15) is 16.7 Å². The largest absolute Gasteiger partial charge is 0.339 e. The molecule has 0 aliphatic carbocycles. The van der Waals surface area contributed by atoms with Gasteiger partial charge in [0.15, 0.2) is 5.82 Å². The van der Waals surface area contributed by atoms with E-state index in [2.05, 4.69) is 37.8 Å². The number of aromatic nitrogens is 2. The van der Waals surface area contributed by atoms with Gasteiger partial charge in [0.25, 0.3) is 0 Å². The molecule has 86 valence electrons. The number of hydrogen-bond acceptors (Lipinski definition) is 4. The Morgan fingerprint density at radius 3 is 2.60 bits per heavy atom. The summed E-state index contributed by atoms with van der Waals surface area (Å²) >= 11 is 1.87. The van der Waals surface area contributed by atoms with Crippen molar-refractivity contribution in [2.24, 2.45) is 0 Å². The van der Waals surface area contributed by atoms with Gasteiger partial charge in [0, 0.05) is 5.41 Å². The Bertz CT molecular complexity index is 291. The maximum Gasteiger partial charge on any atom is 0.232 e. The second-order valence-corrected chi connectivity index (χ2v) is 5.78. The third-order valence-electron chi connectivity index (χ3n) is 1.98. The van der Waals surface area contributed by atoms with Crippen LogP contribution in [0.2, 0.25) is 0 Å². The van der Waals surface area contributed by atoms with Crippen molar-refractivity contribution < 1.29 is 4.52 Å². The van der Waals surface area contributed by atoms with Crippen LogP contribution < -0.4 is 0 Å². The fraction of sp³-hybridized carbons (Fsp3) is 0.818. The molecule has 0 bridgehead atoms. The van der Waals surface area contributed by atoms with Gasteiger partial charge in [-0.1, -0.05) is 39.3 Å². The summed E-state index contributed by atoms with van der Waals surface area (Å²) in [4.78, 5) is 4.38. The molecule has 0 saturated heterocycles. The summed E-state index contributed by atoms with van der Waals surface area (Å²) in [5.41, 5.74) is -0.0423. The summed E-state index contributed by atoms with van der Waals surface area (Å²) in [7, 11) is 0. The highest BCUT2D eigenvalue weighted by molar-refractivity contribution is 7.98. The Labute approximate surface area is 96.0 Å². The minimum atomic E-state index is -0.0423. The topological polar surface area (TPSA) is 38.9 Å². The first-order valence-corrected chi connectivity index (χ1v) is 6.60. The molecule has 0 amide bonds. The second kappa shape index (κ2) is 5.54. The molecular weight excluding hydrogens is 208 g/mol. The van der Waals surface area contributed by atoms with E-state index in [0.29, 0.717) is 0 Å². The summed E-state index contributed by atoms with van der Waals surface area (Å²) in [5, 5.41) is 3.97. The lowest BCUT2D eigenvalue weighted by Crippen LogP contribution is -2.11. The molecule has 1 aromatic rings. The molecule has 0 saturated carbocycles. The third-order valence-corrected chi connectivity index (χ3v) is 3.02. The number of unbranched alkanes of at least 4 members (excludes halogenated alkanes) is 1. The second-order valence-electron chi connectivity index (χ2n) is 4.67. The van der Waals surface area contributed by atoms with Gasteiger partial charge >= 0.3 is 0 Å². The molecule has 0 atom stereocenters. The van der Waals surface area contributed by atoms with Gasteiger partial charge in [0.2, 0.25) is 5.89 Å². The van der Waals surface area contributed by atoms with E-state index in [4.69, 9.17) is 4.52 Å². The van der Waals surface area contributed by atoms with Gasteiger partial charge in [-0.15, -0.1) is 0 Å². The lowest BCUT2D eigenvalue weighted by Gasteiger charge is -2.10. The van der Waals surface area contributed by atoms with E-state index in [-0.39, 0.29) is 5.41 Å². The van der Waals surface area contributed by atoms with Gasteiger partial charge in [0.1, 0.15) is 0 Å². The SMILES string of the molecule is CCCCSCc1noc(C(C)(C)C)n1.